The van der Waals surface area contributed by atoms with Crippen molar-refractivity contribution in [1.29, 1.82) is 0 Å². The molecule has 3 amide bonds. The largest absolute Gasteiger partial charge is 0.452 e. The molecule has 0 aromatic carbocycles. The Kier molecular flexibility index (Phi) is 6.76. The average Bonchev–Trinajstić information content (AvgIpc) is 2.36. The summed E-state index contributed by atoms with van der Waals surface area (Å²) in [4.78, 5) is 34.1. The van der Waals surface area contributed by atoms with Crippen molar-refractivity contribution < 1.29 is 19.1 Å². The lowest BCUT2D eigenvalue weighted by molar-refractivity contribution is -0.143. The number of urea groups is 1. The lowest BCUT2D eigenvalue weighted by Crippen LogP contribution is -2.46. The number of ether oxygens (including phenoxy) is 1. The summed E-state index contributed by atoms with van der Waals surface area (Å²) in [5, 5.41) is 4.90. The molecule has 1 aliphatic carbocycles. The predicted molar refractivity (Wildman–Crippen MR) is 73.9 cm³/mol. The second kappa shape index (κ2) is 8.35. The molecule has 0 aromatic rings. The molecule has 0 spiro atoms. The topological polar surface area (TPSA) is 84.5 Å². The van der Waals surface area contributed by atoms with E-state index in [0.717, 1.165) is 31.3 Å². The minimum Gasteiger partial charge on any atom is -0.452 e. The quantitative estimate of drug-likeness (QED) is 0.606. The number of allylic oxidation sites excluding steroid dienone is 1. The van der Waals surface area contributed by atoms with E-state index < -0.39 is 24.5 Å². The third kappa shape index (κ3) is 6.92. The first-order valence-corrected chi connectivity index (χ1v) is 6.89. The van der Waals surface area contributed by atoms with Gasteiger partial charge in [0.25, 0.3) is 5.91 Å². The highest BCUT2D eigenvalue weighted by molar-refractivity contribution is 5.96. The number of amides is 3. The first-order chi connectivity index (χ1) is 9.47. The van der Waals surface area contributed by atoms with Crippen molar-refractivity contribution in [1.82, 2.24) is 10.6 Å². The standard InChI is InChI=1S/C14H22N2O4/c1-10(2)8-13(18)20-9-12(17)16-14(19)15-11-6-4-3-5-7-11/h8,11H,3-7,9H2,1-2H3,(H2,15,16,17,19). The molecule has 0 aliphatic heterocycles. The van der Waals surface area contributed by atoms with Crippen molar-refractivity contribution in [2.45, 2.75) is 52.0 Å². The Bertz CT molecular complexity index is 394. The van der Waals surface area contributed by atoms with Gasteiger partial charge in [0.1, 0.15) is 0 Å². The number of esters is 1. The molecular formula is C14H22N2O4. The van der Waals surface area contributed by atoms with Crippen LogP contribution in [0.15, 0.2) is 11.6 Å². The highest BCUT2D eigenvalue weighted by atomic mass is 16.5. The van der Waals surface area contributed by atoms with Gasteiger partial charge in [0, 0.05) is 12.1 Å². The highest BCUT2D eigenvalue weighted by Gasteiger charge is 2.17. The summed E-state index contributed by atoms with van der Waals surface area (Å²) in [6.07, 6.45) is 6.56. The van der Waals surface area contributed by atoms with Gasteiger partial charge in [-0.25, -0.2) is 9.59 Å². The third-order valence-electron chi connectivity index (χ3n) is 2.95. The molecule has 0 aromatic heterocycles. The zero-order valence-corrected chi connectivity index (χ0v) is 12.0. The summed E-state index contributed by atoms with van der Waals surface area (Å²) in [7, 11) is 0. The number of imide groups is 1. The molecule has 1 fully saturated rings. The molecule has 0 radical (unpaired) electrons. The van der Waals surface area contributed by atoms with Gasteiger partial charge in [-0.05, 0) is 26.7 Å². The molecular weight excluding hydrogens is 260 g/mol. The van der Waals surface area contributed by atoms with Crippen LogP contribution in [0.1, 0.15) is 46.0 Å². The maximum absolute atomic E-state index is 11.5. The molecule has 1 aliphatic rings. The lowest BCUT2D eigenvalue weighted by Gasteiger charge is -2.22. The number of hydrogen-bond acceptors (Lipinski definition) is 4. The fraction of sp³-hybridized carbons (Fsp3) is 0.643. The summed E-state index contributed by atoms with van der Waals surface area (Å²) in [5.74, 6) is -1.22. The van der Waals surface area contributed by atoms with E-state index in [1.54, 1.807) is 13.8 Å². The van der Waals surface area contributed by atoms with Crippen LogP contribution in [0.5, 0.6) is 0 Å². The first-order valence-electron chi connectivity index (χ1n) is 6.89. The maximum Gasteiger partial charge on any atom is 0.331 e. The SMILES string of the molecule is CC(C)=CC(=O)OCC(=O)NC(=O)NC1CCCCC1. The first kappa shape index (κ1) is 16.2. The van der Waals surface area contributed by atoms with Crippen molar-refractivity contribution in [2.24, 2.45) is 0 Å². The van der Waals surface area contributed by atoms with E-state index in [2.05, 4.69) is 10.6 Å². The average molecular weight is 282 g/mol. The molecule has 6 nitrogen and oxygen atoms in total. The van der Waals surface area contributed by atoms with E-state index in [1.807, 2.05) is 0 Å². The number of hydrogen-bond donors (Lipinski definition) is 2. The third-order valence-corrected chi connectivity index (χ3v) is 2.95. The van der Waals surface area contributed by atoms with Gasteiger partial charge < -0.3 is 10.1 Å². The fourth-order valence-corrected chi connectivity index (χ4v) is 2.05. The molecule has 112 valence electrons. The van der Waals surface area contributed by atoms with Gasteiger partial charge in [-0.3, -0.25) is 10.1 Å². The van der Waals surface area contributed by atoms with Crippen LogP contribution >= 0.6 is 0 Å². The van der Waals surface area contributed by atoms with E-state index >= 15 is 0 Å². The minimum absolute atomic E-state index is 0.129. The summed E-state index contributed by atoms with van der Waals surface area (Å²) >= 11 is 0. The summed E-state index contributed by atoms with van der Waals surface area (Å²) in [6, 6.07) is -0.398. The Morgan fingerprint density at radius 2 is 1.80 bits per heavy atom. The van der Waals surface area contributed by atoms with Crippen molar-refractivity contribution in [3.63, 3.8) is 0 Å². The van der Waals surface area contributed by atoms with Crippen molar-refractivity contribution in [3.05, 3.63) is 11.6 Å². The zero-order chi connectivity index (χ0) is 15.0. The highest BCUT2D eigenvalue weighted by Crippen LogP contribution is 2.16. The number of carbonyl (C=O) groups is 3. The monoisotopic (exact) mass is 282 g/mol. The van der Waals surface area contributed by atoms with E-state index in [9.17, 15) is 14.4 Å². The molecule has 0 heterocycles. The number of nitrogens with one attached hydrogen (secondary N) is 2. The van der Waals surface area contributed by atoms with E-state index in [1.165, 1.54) is 12.5 Å². The second-order valence-electron chi connectivity index (χ2n) is 5.19. The Morgan fingerprint density at radius 1 is 1.15 bits per heavy atom. The molecule has 0 atom stereocenters. The van der Waals surface area contributed by atoms with E-state index in [0.29, 0.717) is 0 Å². The second-order valence-corrected chi connectivity index (χ2v) is 5.19. The van der Waals surface area contributed by atoms with Crippen LogP contribution in [0.4, 0.5) is 4.79 Å². The van der Waals surface area contributed by atoms with E-state index in [-0.39, 0.29) is 6.04 Å². The van der Waals surface area contributed by atoms with Crippen molar-refractivity contribution >= 4 is 17.9 Å². The van der Waals surface area contributed by atoms with Crippen molar-refractivity contribution in [3.8, 4) is 0 Å². The van der Waals surface area contributed by atoms with Gasteiger partial charge in [0.2, 0.25) is 0 Å². The summed E-state index contributed by atoms with van der Waals surface area (Å²) < 4.78 is 4.70. The predicted octanol–water partition coefficient (Wildman–Crippen LogP) is 1.65. The molecule has 1 saturated carbocycles. The smallest absolute Gasteiger partial charge is 0.331 e. The lowest BCUT2D eigenvalue weighted by atomic mass is 9.96. The zero-order valence-electron chi connectivity index (χ0n) is 12.0. The van der Waals surface area contributed by atoms with Gasteiger partial charge in [-0.15, -0.1) is 0 Å². The molecule has 6 heteroatoms. The molecule has 2 N–H and O–H groups in total. The van der Waals surface area contributed by atoms with Crippen LogP contribution in [0.2, 0.25) is 0 Å². The van der Waals surface area contributed by atoms with Gasteiger partial charge in [0.15, 0.2) is 6.61 Å². The Labute approximate surface area is 118 Å². The van der Waals surface area contributed by atoms with Crippen molar-refractivity contribution in [2.75, 3.05) is 6.61 Å². The van der Waals surface area contributed by atoms with Crippen LogP contribution < -0.4 is 10.6 Å². The summed E-state index contributed by atoms with van der Waals surface area (Å²) in [5.41, 5.74) is 0.783. The van der Waals surface area contributed by atoms with E-state index in [4.69, 9.17) is 4.74 Å². The molecule has 0 bridgehead atoms. The summed E-state index contributed by atoms with van der Waals surface area (Å²) in [6.45, 7) is 3.04. The number of carbonyl (C=O) groups excluding carboxylic acids is 3. The van der Waals surface area contributed by atoms with Crippen LogP contribution in [0.25, 0.3) is 0 Å². The Hall–Kier alpha value is -1.85. The van der Waals surface area contributed by atoms with Gasteiger partial charge in [-0.2, -0.15) is 0 Å². The maximum atomic E-state index is 11.5. The Morgan fingerprint density at radius 3 is 2.40 bits per heavy atom. The Balaban J connectivity index is 2.22. The number of rotatable bonds is 4. The van der Waals surface area contributed by atoms with Gasteiger partial charge in [-0.1, -0.05) is 24.8 Å². The van der Waals surface area contributed by atoms with Crippen LogP contribution in [0.3, 0.4) is 0 Å². The normalized spacial score (nSPS) is 15.1. The van der Waals surface area contributed by atoms with Crippen LogP contribution in [-0.2, 0) is 14.3 Å². The minimum atomic E-state index is -0.631. The molecule has 1 rings (SSSR count). The van der Waals surface area contributed by atoms with Gasteiger partial charge in [0.05, 0.1) is 0 Å². The molecule has 20 heavy (non-hydrogen) atoms. The molecule has 0 saturated heterocycles. The van der Waals surface area contributed by atoms with Crippen LogP contribution in [0, 0.1) is 0 Å². The fourth-order valence-electron chi connectivity index (χ4n) is 2.05. The van der Waals surface area contributed by atoms with Crippen LogP contribution in [-0.4, -0.2) is 30.6 Å². The van der Waals surface area contributed by atoms with Gasteiger partial charge >= 0.3 is 12.0 Å². The molecule has 0 unspecified atom stereocenters.